The lowest BCUT2D eigenvalue weighted by molar-refractivity contribution is 0.197. The van der Waals surface area contributed by atoms with Gasteiger partial charge in [0.2, 0.25) is 0 Å². The molecule has 2 N–H and O–H groups in total. The van der Waals surface area contributed by atoms with E-state index in [1.54, 1.807) is 0 Å². The molecule has 0 amide bonds. The lowest BCUT2D eigenvalue weighted by Crippen LogP contribution is -2.49. The molecule has 1 saturated carbocycles. The Labute approximate surface area is 190 Å². The van der Waals surface area contributed by atoms with Crippen molar-refractivity contribution in [2.75, 3.05) is 26.2 Å². The number of likely N-dealkylation sites (tertiary alicyclic amines) is 1. The smallest absolute Gasteiger partial charge is 0.191 e. The number of benzene rings is 1. The number of piperidine rings is 1. The zero-order valence-corrected chi connectivity index (χ0v) is 20.7. The average Bonchev–Trinajstić information content (AvgIpc) is 3.46. The normalized spacial score (nSPS) is 19.5. The van der Waals surface area contributed by atoms with Crippen molar-refractivity contribution in [1.29, 1.82) is 0 Å². The van der Waals surface area contributed by atoms with Crippen LogP contribution in [0.2, 0.25) is 0 Å². The Morgan fingerprint density at radius 1 is 1.19 bits per heavy atom. The number of hydrogen-bond donors (Lipinski definition) is 2. The summed E-state index contributed by atoms with van der Waals surface area (Å²) in [5.74, 6) is 0.956. The molecule has 0 radical (unpaired) electrons. The summed E-state index contributed by atoms with van der Waals surface area (Å²) in [5.41, 5.74) is 1.29. The molecular formula is C21H34BrIN4. The third-order valence-electron chi connectivity index (χ3n) is 5.51. The van der Waals surface area contributed by atoms with Gasteiger partial charge in [-0.05, 0) is 44.2 Å². The second-order valence-electron chi connectivity index (χ2n) is 8.24. The highest BCUT2D eigenvalue weighted by Gasteiger charge is 2.32. The Hall–Kier alpha value is -0.340. The lowest BCUT2D eigenvalue weighted by Gasteiger charge is -2.33. The Kier molecular flexibility index (Phi) is 8.87. The summed E-state index contributed by atoms with van der Waals surface area (Å²) in [4.78, 5) is 7.59. The molecule has 1 aliphatic heterocycles. The SMILES string of the molecule is CCNC(=NCC(C)(C)c1ccccc1Br)NC1CCN(C2CC2)CC1.I. The Balaban J connectivity index is 0.00000261. The summed E-state index contributed by atoms with van der Waals surface area (Å²) in [6.45, 7) is 10.7. The second kappa shape index (κ2) is 10.4. The minimum absolute atomic E-state index is 0. The molecule has 1 aliphatic carbocycles. The van der Waals surface area contributed by atoms with Gasteiger partial charge in [0.25, 0.3) is 0 Å². The van der Waals surface area contributed by atoms with E-state index < -0.39 is 0 Å². The topological polar surface area (TPSA) is 39.7 Å². The predicted octanol–water partition coefficient (Wildman–Crippen LogP) is 4.53. The fraction of sp³-hybridized carbons (Fsp3) is 0.667. The van der Waals surface area contributed by atoms with Gasteiger partial charge in [-0.1, -0.05) is 48.0 Å². The van der Waals surface area contributed by atoms with E-state index in [0.717, 1.165) is 29.6 Å². The molecule has 0 unspecified atom stereocenters. The summed E-state index contributed by atoms with van der Waals surface area (Å²) in [6.07, 6.45) is 5.25. The molecule has 4 nitrogen and oxygen atoms in total. The van der Waals surface area contributed by atoms with Crippen LogP contribution in [0.25, 0.3) is 0 Å². The van der Waals surface area contributed by atoms with Gasteiger partial charge in [-0.25, -0.2) is 0 Å². The third kappa shape index (κ3) is 6.60. The first kappa shape index (κ1) is 22.9. The molecule has 3 rings (SSSR count). The highest BCUT2D eigenvalue weighted by atomic mass is 127. The van der Waals surface area contributed by atoms with Gasteiger partial charge in [-0.3, -0.25) is 4.99 Å². The van der Waals surface area contributed by atoms with Gasteiger partial charge in [0, 0.05) is 41.6 Å². The van der Waals surface area contributed by atoms with Crippen LogP contribution in [0.5, 0.6) is 0 Å². The molecule has 0 bridgehead atoms. The molecule has 1 saturated heterocycles. The molecule has 2 fully saturated rings. The maximum atomic E-state index is 4.92. The van der Waals surface area contributed by atoms with Crippen LogP contribution in [0, 0.1) is 0 Å². The van der Waals surface area contributed by atoms with Crippen LogP contribution in [0.4, 0.5) is 0 Å². The Bertz CT molecular complexity index is 622. The standard InChI is InChI=1S/C21H33BrN4.HI/c1-4-23-20(25-16-11-13-26(14-12-16)17-9-10-17)24-15-21(2,3)18-7-5-6-8-19(18)22;/h5-8,16-17H,4,9-15H2,1-3H3,(H2,23,24,25);1H. The van der Waals surface area contributed by atoms with Crippen molar-refractivity contribution in [3.05, 3.63) is 34.3 Å². The van der Waals surface area contributed by atoms with Crippen molar-refractivity contribution in [3.8, 4) is 0 Å². The van der Waals surface area contributed by atoms with E-state index in [9.17, 15) is 0 Å². The van der Waals surface area contributed by atoms with Crippen molar-refractivity contribution < 1.29 is 0 Å². The van der Waals surface area contributed by atoms with Gasteiger partial charge in [0.15, 0.2) is 5.96 Å². The van der Waals surface area contributed by atoms with Crippen molar-refractivity contribution >= 4 is 45.9 Å². The number of guanidine groups is 1. The molecule has 27 heavy (non-hydrogen) atoms. The van der Waals surface area contributed by atoms with Crippen LogP contribution in [0.15, 0.2) is 33.7 Å². The fourth-order valence-electron chi connectivity index (χ4n) is 3.73. The van der Waals surface area contributed by atoms with Crippen LogP contribution in [0.1, 0.15) is 52.0 Å². The number of nitrogens with zero attached hydrogens (tertiary/aromatic N) is 2. The highest BCUT2D eigenvalue weighted by molar-refractivity contribution is 14.0. The van der Waals surface area contributed by atoms with Gasteiger partial charge in [0.1, 0.15) is 0 Å². The highest BCUT2D eigenvalue weighted by Crippen LogP contribution is 2.31. The maximum Gasteiger partial charge on any atom is 0.191 e. The van der Waals surface area contributed by atoms with Crippen molar-refractivity contribution in [3.63, 3.8) is 0 Å². The van der Waals surface area contributed by atoms with Gasteiger partial charge < -0.3 is 15.5 Å². The van der Waals surface area contributed by atoms with Gasteiger partial charge in [-0.15, -0.1) is 24.0 Å². The van der Waals surface area contributed by atoms with E-state index in [4.69, 9.17) is 4.99 Å². The summed E-state index contributed by atoms with van der Waals surface area (Å²) >= 11 is 3.69. The zero-order valence-electron chi connectivity index (χ0n) is 16.8. The summed E-state index contributed by atoms with van der Waals surface area (Å²) in [5, 5.41) is 7.10. The minimum atomic E-state index is -0.0161. The van der Waals surface area contributed by atoms with Gasteiger partial charge >= 0.3 is 0 Å². The van der Waals surface area contributed by atoms with E-state index >= 15 is 0 Å². The number of aliphatic imine (C=N–C) groups is 1. The largest absolute Gasteiger partial charge is 0.357 e. The van der Waals surface area contributed by atoms with Gasteiger partial charge in [-0.2, -0.15) is 0 Å². The first-order valence-corrected chi connectivity index (χ1v) is 10.8. The molecule has 1 heterocycles. The van der Waals surface area contributed by atoms with Crippen LogP contribution >= 0.6 is 39.9 Å². The molecule has 0 atom stereocenters. The molecule has 0 aromatic heterocycles. The summed E-state index contributed by atoms with van der Waals surface area (Å²) in [7, 11) is 0. The van der Waals surface area contributed by atoms with E-state index in [1.165, 1.54) is 44.3 Å². The average molecular weight is 549 g/mol. The van der Waals surface area contributed by atoms with Crippen molar-refractivity contribution in [2.45, 2.75) is 64.0 Å². The van der Waals surface area contributed by atoms with Crippen molar-refractivity contribution in [2.24, 2.45) is 4.99 Å². The summed E-state index contributed by atoms with van der Waals surface area (Å²) in [6, 6.07) is 9.89. The van der Waals surface area contributed by atoms with Crippen LogP contribution in [-0.2, 0) is 5.41 Å². The predicted molar refractivity (Wildman–Crippen MR) is 129 cm³/mol. The first-order valence-electron chi connectivity index (χ1n) is 10.0. The van der Waals surface area contributed by atoms with Gasteiger partial charge in [0.05, 0.1) is 6.54 Å². The Morgan fingerprint density at radius 2 is 1.85 bits per heavy atom. The quantitative estimate of drug-likeness (QED) is 0.312. The zero-order chi connectivity index (χ0) is 18.6. The summed E-state index contributed by atoms with van der Waals surface area (Å²) < 4.78 is 1.16. The molecule has 152 valence electrons. The van der Waals surface area contributed by atoms with E-state index in [0.29, 0.717) is 6.04 Å². The Morgan fingerprint density at radius 3 is 2.44 bits per heavy atom. The number of nitrogens with one attached hydrogen (secondary N) is 2. The van der Waals surface area contributed by atoms with E-state index in [-0.39, 0.29) is 29.4 Å². The monoisotopic (exact) mass is 548 g/mol. The molecule has 1 aromatic rings. The van der Waals surface area contributed by atoms with Crippen LogP contribution < -0.4 is 10.6 Å². The van der Waals surface area contributed by atoms with Crippen molar-refractivity contribution in [1.82, 2.24) is 15.5 Å². The number of halogens is 2. The van der Waals surface area contributed by atoms with Crippen LogP contribution in [0.3, 0.4) is 0 Å². The second-order valence-corrected chi connectivity index (χ2v) is 9.10. The first-order chi connectivity index (χ1) is 12.5. The maximum absolute atomic E-state index is 4.92. The third-order valence-corrected chi connectivity index (χ3v) is 6.20. The minimum Gasteiger partial charge on any atom is -0.357 e. The molecular weight excluding hydrogens is 515 g/mol. The fourth-order valence-corrected chi connectivity index (χ4v) is 4.56. The number of rotatable bonds is 6. The van der Waals surface area contributed by atoms with E-state index in [1.807, 2.05) is 0 Å². The lowest BCUT2D eigenvalue weighted by atomic mass is 9.85. The molecule has 2 aliphatic rings. The molecule has 1 aromatic carbocycles. The number of hydrogen-bond acceptors (Lipinski definition) is 2. The van der Waals surface area contributed by atoms with E-state index in [2.05, 4.69) is 76.5 Å². The molecule has 0 spiro atoms. The molecule has 6 heteroatoms. The van der Waals surface area contributed by atoms with Crippen LogP contribution in [-0.4, -0.2) is 49.1 Å².